The summed E-state index contributed by atoms with van der Waals surface area (Å²) in [6.45, 7) is 2.10. The summed E-state index contributed by atoms with van der Waals surface area (Å²) >= 11 is 1.68. The van der Waals surface area contributed by atoms with E-state index >= 15 is 0 Å². The van der Waals surface area contributed by atoms with E-state index in [2.05, 4.69) is 131 Å². The number of aryl methyl sites for hydroxylation is 2. The largest absolute Gasteiger partial charge is 0.319 e. The zero-order valence-electron chi connectivity index (χ0n) is 20.8. The Morgan fingerprint density at radius 1 is 0.763 bits per heavy atom. The molecule has 0 aliphatic carbocycles. The van der Waals surface area contributed by atoms with Crippen molar-refractivity contribution in [1.82, 2.24) is 18.7 Å². The standard InChI is InChI=1S/C32H23N4S.Pt/c1-22-16-17-33-32(18-22)36-28-11-4-3-10-26(28)27-15-14-25(20-31(27)36)37-24-9-7-8-23(19-24)35-21-34(2)29-12-5-6-13-30(29)35;/h3-18,21H,1-2H3;/q-1;. The van der Waals surface area contributed by atoms with Crippen molar-refractivity contribution in [3.05, 3.63) is 121 Å². The van der Waals surface area contributed by atoms with E-state index in [1.807, 2.05) is 12.3 Å². The predicted octanol–water partition coefficient (Wildman–Crippen LogP) is 7.80. The van der Waals surface area contributed by atoms with Gasteiger partial charge in [-0.2, -0.15) is 24.3 Å². The van der Waals surface area contributed by atoms with Crippen molar-refractivity contribution in [2.45, 2.75) is 16.7 Å². The van der Waals surface area contributed by atoms with Gasteiger partial charge in [0.15, 0.2) is 17.4 Å². The van der Waals surface area contributed by atoms with E-state index in [4.69, 9.17) is 4.98 Å². The van der Waals surface area contributed by atoms with Gasteiger partial charge < -0.3 is 4.57 Å². The minimum Gasteiger partial charge on any atom is -0.319 e. The van der Waals surface area contributed by atoms with Crippen LogP contribution in [0.2, 0.25) is 0 Å². The van der Waals surface area contributed by atoms with Crippen LogP contribution in [0.1, 0.15) is 5.56 Å². The SMILES string of the molecule is Cc1ccnc(-n2c3[c-]c(Sc4[c-]c(-n5[cH+]n(C)c6ccccc65)ccc4)ccc3c3ccccc32)c1.[Pt]. The molecule has 7 rings (SSSR count). The average Bonchev–Trinajstić information content (AvgIpc) is 3.43. The van der Waals surface area contributed by atoms with E-state index in [1.54, 1.807) is 11.8 Å². The van der Waals surface area contributed by atoms with Gasteiger partial charge in [-0.25, -0.2) is 14.1 Å². The summed E-state index contributed by atoms with van der Waals surface area (Å²) in [7, 11) is 2.07. The normalized spacial score (nSPS) is 11.3. The fraction of sp³-hybridized carbons (Fsp3) is 0.0625. The summed E-state index contributed by atoms with van der Waals surface area (Å²) in [5.74, 6) is 0.908. The predicted molar refractivity (Wildman–Crippen MR) is 152 cm³/mol. The van der Waals surface area contributed by atoms with E-state index in [-0.39, 0.29) is 21.1 Å². The Kier molecular flexibility index (Phi) is 6.43. The van der Waals surface area contributed by atoms with E-state index in [1.165, 1.54) is 21.9 Å². The van der Waals surface area contributed by atoms with Gasteiger partial charge >= 0.3 is 0 Å². The summed E-state index contributed by atoms with van der Waals surface area (Å²) in [4.78, 5) is 6.78. The first-order valence-corrected chi connectivity index (χ1v) is 13.0. The summed E-state index contributed by atoms with van der Waals surface area (Å²) < 4.78 is 6.55. The van der Waals surface area contributed by atoms with Gasteiger partial charge in [-0.05, 0) is 48.2 Å². The zero-order chi connectivity index (χ0) is 24.9. The van der Waals surface area contributed by atoms with Crippen molar-refractivity contribution in [2.24, 2.45) is 7.05 Å². The molecule has 0 aliphatic heterocycles. The number of hydrogen-bond acceptors (Lipinski definition) is 2. The van der Waals surface area contributed by atoms with Crippen LogP contribution in [0.3, 0.4) is 0 Å². The number of rotatable bonds is 4. The first kappa shape index (κ1) is 24.7. The molecule has 0 amide bonds. The van der Waals surface area contributed by atoms with Crippen LogP contribution in [0.15, 0.2) is 113 Å². The molecule has 0 bridgehead atoms. The van der Waals surface area contributed by atoms with Gasteiger partial charge in [0.1, 0.15) is 5.82 Å². The minimum atomic E-state index is 0. The van der Waals surface area contributed by atoms with Crippen molar-refractivity contribution < 1.29 is 21.1 Å². The Hall–Kier alpha value is -3.66. The molecule has 6 heteroatoms. The summed E-state index contributed by atoms with van der Waals surface area (Å²) in [5, 5.41) is 2.38. The Balaban J connectivity index is 0.00000264. The molecule has 0 N–H and O–H groups in total. The third-order valence-corrected chi connectivity index (χ3v) is 7.65. The van der Waals surface area contributed by atoms with Crippen LogP contribution in [-0.4, -0.2) is 18.7 Å². The van der Waals surface area contributed by atoms with Crippen molar-refractivity contribution in [3.63, 3.8) is 0 Å². The van der Waals surface area contributed by atoms with Gasteiger partial charge in [-0.3, -0.25) is 0 Å². The second kappa shape index (κ2) is 9.90. The number of benzene rings is 4. The van der Waals surface area contributed by atoms with Crippen molar-refractivity contribution in [2.75, 3.05) is 0 Å². The monoisotopic (exact) mass is 690 g/mol. The molecule has 0 fully saturated rings. The molecule has 0 saturated carbocycles. The number of hydrogen-bond donors (Lipinski definition) is 0. The van der Waals surface area contributed by atoms with Gasteiger partial charge in [0.25, 0.3) is 0 Å². The second-order valence-electron chi connectivity index (χ2n) is 9.22. The second-order valence-corrected chi connectivity index (χ2v) is 10.3. The molecule has 0 spiro atoms. The van der Waals surface area contributed by atoms with E-state index in [9.17, 15) is 0 Å². The number of nitrogens with zero attached hydrogens (tertiary/aromatic N) is 4. The number of fused-ring (bicyclic) bond motifs is 4. The van der Waals surface area contributed by atoms with Crippen molar-refractivity contribution in [1.29, 1.82) is 0 Å². The van der Waals surface area contributed by atoms with E-state index in [0.717, 1.165) is 37.8 Å². The number of pyridine rings is 1. The molecular weight excluding hydrogens is 668 g/mol. The van der Waals surface area contributed by atoms with Gasteiger partial charge in [-0.15, -0.1) is 34.2 Å². The van der Waals surface area contributed by atoms with Crippen molar-refractivity contribution in [3.8, 4) is 11.5 Å². The molecule has 0 saturated heterocycles. The van der Waals surface area contributed by atoms with Crippen LogP contribution in [0, 0.1) is 19.1 Å². The molecule has 4 nitrogen and oxygen atoms in total. The van der Waals surface area contributed by atoms with E-state index < -0.39 is 0 Å². The number of para-hydroxylation sites is 3. The summed E-state index contributed by atoms with van der Waals surface area (Å²) in [6.07, 6.45) is 3.98. The summed E-state index contributed by atoms with van der Waals surface area (Å²) in [5.41, 5.74) is 6.70. The zero-order valence-corrected chi connectivity index (χ0v) is 23.9. The molecule has 38 heavy (non-hydrogen) atoms. The third-order valence-electron chi connectivity index (χ3n) is 6.73. The van der Waals surface area contributed by atoms with Gasteiger partial charge in [0.2, 0.25) is 0 Å². The Bertz CT molecular complexity index is 1950. The van der Waals surface area contributed by atoms with Crippen LogP contribution < -0.4 is 0 Å². The molecule has 0 unspecified atom stereocenters. The molecule has 3 aromatic heterocycles. The fourth-order valence-corrected chi connectivity index (χ4v) is 5.85. The van der Waals surface area contributed by atoms with Crippen LogP contribution in [0.25, 0.3) is 44.3 Å². The minimum absolute atomic E-state index is 0. The Morgan fingerprint density at radius 3 is 2.37 bits per heavy atom. The maximum Gasteiger partial charge on any atom is 0.188 e. The molecule has 0 aliphatic rings. The quantitative estimate of drug-likeness (QED) is 0.177. The number of aromatic nitrogens is 4. The Labute approximate surface area is 239 Å². The topological polar surface area (TPSA) is 27.7 Å². The molecule has 3 heterocycles. The maximum absolute atomic E-state index is 4.69. The molecule has 188 valence electrons. The van der Waals surface area contributed by atoms with Crippen LogP contribution in [0.5, 0.6) is 0 Å². The smallest absolute Gasteiger partial charge is 0.188 e. The third kappa shape index (κ3) is 4.16. The van der Waals surface area contributed by atoms with Crippen LogP contribution in [0.4, 0.5) is 0 Å². The summed E-state index contributed by atoms with van der Waals surface area (Å²) in [6, 6.07) is 39.0. The van der Waals surface area contributed by atoms with Gasteiger partial charge in [0, 0.05) is 57.6 Å². The maximum atomic E-state index is 4.69. The van der Waals surface area contributed by atoms with Crippen molar-refractivity contribution >= 4 is 44.6 Å². The molecule has 7 aromatic rings. The first-order valence-electron chi connectivity index (χ1n) is 12.2. The molecular formula is C32H23N4PtS-. The van der Waals surface area contributed by atoms with Gasteiger partial charge in [-0.1, -0.05) is 34.7 Å². The molecule has 0 atom stereocenters. The van der Waals surface area contributed by atoms with Gasteiger partial charge in [0.05, 0.1) is 0 Å². The van der Waals surface area contributed by atoms with Crippen LogP contribution >= 0.6 is 11.8 Å². The number of imidazole rings is 1. The molecule has 0 radical (unpaired) electrons. The average molecular weight is 691 g/mol. The molecule has 4 aromatic carbocycles. The van der Waals surface area contributed by atoms with E-state index in [0.29, 0.717) is 0 Å². The fourth-order valence-electron chi connectivity index (χ4n) is 5.02. The van der Waals surface area contributed by atoms with Crippen LogP contribution in [-0.2, 0) is 28.1 Å². The Morgan fingerprint density at radius 2 is 1.53 bits per heavy atom. The first-order chi connectivity index (χ1) is 18.2.